The van der Waals surface area contributed by atoms with Crippen LogP contribution in [0.1, 0.15) is 23.2 Å². The molecule has 0 atom stereocenters. The maximum atomic E-state index is 11.7. The molecule has 0 bridgehead atoms. The van der Waals surface area contributed by atoms with Gasteiger partial charge in [-0.3, -0.25) is 4.79 Å². The van der Waals surface area contributed by atoms with E-state index in [9.17, 15) is 4.79 Å². The number of rotatable bonds is 2. The maximum absolute atomic E-state index is 11.7. The third-order valence-corrected chi connectivity index (χ3v) is 3.45. The Kier molecular flexibility index (Phi) is 3.11. The van der Waals surface area contributed by atoms with E-state index in [1.165, 1.54) is 0 Å². The van der Waals surface area contributed by atoms with Crippen molar-refractivity contribution < 1.29 is 4.79 Å². The summed E-state index contributed by atoms with van der Waals surface area (Å²) in [5, 5.41) is 2.97. The van der Waals surface area contributed by atoms with Crippen molar-refractivity contribution in [2.75, 3.05) is 0 Å². The zero-order chi connectivity index (χ0) is 10.1. The summed E-state index contributed by atoms with van der Waals surface area (Å²) in [4.78, 5) is 11.7. The van der Waals surface area contributed by atoms with E-state index in [4.69, 9.17) is 0 Å². The molecule has 0 radical (unpaired) electrons. The Bertz CT molecular complexity index is 376. The molecule has 0 spiro atoms. The fourth-order valence-electron chi connectivity index (χ4n) is 1.16. The van der Waals surface area contributed by atoms with E-state index in [1.54, 1.807) is 0 Å². The normalized spacial score (nSPS) is 15.3. The summed E-state index contributed by atoms with van der Waals surface area (Å²) in [5.41, 5.74) is 0.726. The minimum Gasteiger partial charge on any atom is -0.349 e. The first-order valence-corrected chi connectivity index (χ1v) is 6.30. The Balaban J connectivity index is 2.20. The van der Waals surface area contributed by atoms with Crippen LogP contribution in [0.2, 0.25) is 0 Å². The van der Waals surface area contributed by atoms with Crippen LogP contribution in [-0.2, 0) is 0 Å². The Hall–Kier alpha value is -0.100. The van der Waals surface area contributed by atoms with Crippen molar-refractivity contribution in [3.63, 3.8) is 0 Å². The number of hydrogen-bond acceptors (Lipinski definition) is 1. The molecule has 1 aromatic rings. The molecule has 4 heteroatoms. The lowest BCUT2D eigenvalue weighted by molar-refractivity contribution is 0.0950. The molecule has 1 aliphatic rings. The molecule has 14 heavy (non-hydrogen) atoms. The summed E-state index contributed by atoms with van der Waals surface area (Å²) in [6.07, 6.45) is 2.24. The molecule has 1 fully saturated rings. The third kappa shape index (κ3) is 2.48. The minimum atomic E-state index is 0.0258. The quantitative estimate of drug-likeness (QED) is 0.802. The lowest BCUT2D eigenvalue weighted by atomic mass is 10.2. The topological polar surface area (TPSA) is 29.1 Å². The van der Waals surface area contributed by atoms with Gasteiger partial charge in [0.05, 0.1) is 5.56 Å². The molecule has 0 aromatic heterocycles. The molecular weight excluding hydrogens is 357 g/mol. The van der Waals surface area contributed by atoms with Gasteiger partial charge in [-0.15, -0.1) is 0 Å². The van der Waals surface area contributed by atoms with Gasteiger partial charge in [-0.1, -0.05) is 0 Å². The summed E-state index contributed by atoms with van der Waals surface area (Å²) in [7, 11) is 0. The number of amides is 1. The molecule has 2 nitrogen and oxygen atoms in total. The van der Waals surface area contributed by atoms with Crippen LogP contribution in [0.5, 0.6) is 0 Å². The van der Waals surface area contributed by atoms with Crippen molar-refractivity contribution in [2.24, 2.45) is 0 Å². The number of halogens is 2. The molecule has 1 saturated carbocycles. The van der Waals surface area contributed by atoms with Crippen LogP contribution in [0.4, 0.5) is 0 Å². The molecule has 74 valence electrons. The minimum absolute atomic E-state index is 0.0258. The zero-order valence-corrected chi connectivity index (χ0v) is 11.1. The van der Waals surface area contributed by atoms with E-state index >= 15 is 0 Å². The van der Waals surface area contributed by atoms with Gasteiger partial charge in [0.25, 0.3) is 5.91 Å². The third-order valence-electron chi connectivity index (χ3n) is 2.09. The van der Waals surface area contributed by atoms with Crippen molar-refractivity contribution in [2.45, 2.75) is 18.9 Å². The van der Waals surface area contributed by atoms with Gasteiger partial charge in [-0.2, -0.15) is 0 Å². The van der Waals surface area contributed by atoms with E-state index in [2.05, 4.69) is 43.8 Å². The van der Waals surface area contributed by atoms with Crippen molar-refractivity contribution in [1.29, 1.82) is 0 Å². The fourth-order valence-corrected chi connectivity index (χ4v) is 2.08. The van der Waals surface area contributed by atoms with Gasteiger partial charge >= 0.3 is 0 Å². The van der Waals surface area contributed by atoms with Crippen molar-refractivity contribution in [1.82, 2.24) is 5.32 Å². The van der Waals surface area contributed by atoms with Gasteiger partial charge in [0.2, 0.25) is 0 Å². The highest BCUT2D eigenvalue weighted by atomic mass is 127. The Morgan fingerprint density at radius 3 is 2.86 bits per heavy atom. The van der Waals surface area contributed by atoms with E-state index < -0.39 is 0 Å². The van der Waals surface area contributed by atoms with E-state index in [0.29, 0.717) is 6.04 Å². The molecule has 2 rings (SSSR count). The second kappa shape index (κ2) is 4.18. The highest BCUT2D eigenvalue weighted by Gasteiger charge is 2.24. The molecule has 0 heterocycles. The lowest BCUT2D eigenvalue weighted by Crippen LogP contribution is -2.25. The first kappa shape index (κ1) is 10.4. The molecule has 0 aliphatic heterocycles. The van der Waals surface area contributed by atoms with Gasteiger partial charge in [-0.05, 0) is 69.6 Å². The molecular formula is C10H9BrINO. The number of carbonyl (C=O) groups is 1. The van der Waals surface area contributed by atoms with Crippen LogP contribution in [0, 0.1) is 3.57 Å². The summed E-state index contributed by atoms with van der Waals surface area (Å²) in [5.74, 6) is 0.0258. The van der Waals surface area contributed by atoms with Crippen LogP contribution < -0.4 is 5.32 Å². The molecule has 0 saturated heterocycles. The van der Waals surface area contributed by atoms with Crippen molar-refractivity contribution in [3.05, 3.63) is 31.8 Å². The largest absolute Gasteiger partial charge is 0.349 e. The highest BCUT2D eigenvalue weighted by Crippen LogP contribution is 2.23. The number of carbonyl (C=O) groups excluding carboxylic acids is 1. The maximum Gasteiger partial charge on any atom is 0.252 e. The summed E-state index contributed by atoms with van der Waals surface area (Å²) in [6, 6.07) is 6.18. The van der Waals surface area contributed by atoms with E-state index in [0.717, 1.165) is 26.4 Å². The van der Waals surface area contributed by atoms with Crippen LogP contribution in [0.15, 0.2) is 22.7 Å². The number of nitrogens with one attached hydrogen (secondary N) is 1. The molecule has 1 amide bonds. The fraction of sp³-hybridized carbons (Fsp3) is 0.300. The van der Waals surface area contributed by atoms with Crippen LogP contribution >= 0.6 is 38.5 Å². The molecule has 0 unspecified atom stereocenters. The molecule has 1 N–H and O–H groups in total. The Labute approximate surface area is 105 Å². The van der Waals surface area contributed by atoms with Crippen molar-refractivity contribution >= 4 is 44.4 Å². The van der Waals surface area contributed by atoms with Crippen molar-refractivity contribution in [3.8, 4) is 0 Å². The monoisotopic (exact) mass is 365 g/mol. The smallest absolute Gasteiger partial charge is 0.252 e. The van der Waals surface area contributed by atoms with Gasteiger partial charge in [0, 0.05) is 14.1 Å². The van der Waals surface area contributed by atoms with Gasteiger partial charge in [0.1, 0.15) is 0 Å². The predicted molar refractivity (Wildman–Crippen MR) is 67.3 cm³/mol. The van der Waals surface area contributed by atoms with Crippen LogP contribution in [0.3, 0.4) is 0 Å². The Morgan fingerprint density at radius 2 is 2.21 bits per heavy atom. The van der Waals surface area contributed by atoms with Crippen LogP contribution in [0.25, 0.3) is 0 Å². The summed E-state index contributed by atoms with van der Waals surface area (Å²) < 4.78 is 1.93. The lowest BCUT2D eigenvalue weighted by Gasteiger charge is -2.05. The molecule has 1 aliphatic carbocycles. The van der Waals surface area contributed by atoms with Gasteiger partial charge in [0.15, 0.2) is 0 Å². The zero-order valence-electron chi connectivity index (χ0n) is 7.39. The second-order valence-corrected chi connectivity index (χ2v) is 5.47. The first-order chi connectivity index (χ1) is 6.66. The molecule has 1 aromatic carbocycles. The van der Waals surface area contributed by atoms with Crippen LogP contribution in [-0.4, -0.2) is 11.9 Å². The van der Waals surface area contributed by atoms with Gasteiger partial charge < -0.3 is 5.32 Å². The standard InChI is InChI=1S/C10H9BrINO/c11-9-4-1-6(12)5-8(9)10(14)13-7-2-3-7/h1,4-5,7H,2-3H2,(H,13,14). The van der Waals surface area contributed by atoms with E-state index in [-0.39, 0.29) is 5.91 Å². The number of hydrogen-bond donors (Lipinski definition) is 1. The highest BCUT2D eigenvalue weighted by molar-refractivity contribution is 14.1. The number of benzene rings is 1. The van der Waals surface area contributed by atoms with Gasteiger partial charge in [-0.25, -0.2) is 0 Å². The average molecular weight is 366 g/mol. The Morgan fingerprint density at radius 1 is 1.50 bits per heavy atom. The average Bonchev–Trinajstić information content (AvgIpc) is 2.93. The summed E-state index contributed by atoms with van der Waals surface area (Å²) in [6.45, 7) is 0. The SMILES string of the molecule is O=C(NC1CC1)c1cc(I)ccc1Br. The first-order valence-electron chi connectivity index (χ1n) is 4.43. The second-order valence-electron chi connectivity index (χ2n) is 3.37. The van der Waals surface area contributed by atoms with E-state index in [1.807, 2.05) is 18.2 Å². The predicted octanol–water partition coefficient (Wildman–Crippen LogP) is 2.95. The summed E-state index contributed by atoms with van der Waals surface area (Å²) >= 11 is 5.58.